The third-order valence-corrected chi connectivity index (χ3v) is 3.44. The summed E-state index contributed by atoms with van der Waals surface area (Å²) in [5.41, 5.74) is 3.57. The summed E-state index contributed by atoms with van der Waals surface area (Å²) >= 11 is 0. The van der Waals surface area contributed by atoms with Gasteiger partial charge in [0.1, 0.15) is 0 Å². The second-order valence-electron chi connectivity index (χ2n) is 5.93. The molecule has 0 radical (unpaired) electrons. The van der Waals surface area contributed by atoms with Gasteiger partial charge >= 0.3 is 0 Å². The smallest absolute Gasteiger partial charge is 0.215 e. The van der Waals surface area contributed by atoms with Gasteiger partial charge in [-0.1, -0.05) is 39.0 Å². The highest BCUT2D eigenvalue weighted by Crippen LogP contribution is 2.26. The summed E-state index contributed by atoms with van der Waals surface area (Å²) in [7, 11) is 0. The Morgan fingerprint density at radius 3 is 2.53 bits per heavy atom. The minimum atomic E-state index is 0.0616. The molecule has 98 valence electrons. The number of allylic oxidation sites excluding steroid dienone is 1. The molecule has 0 aliphatic heterocycles. The molecule has 0 saturated carbocycles. The van der Waals surface area contributed by atoms with E-state index < -0.39 is 0 Å². The molecule has 3 heteroatoms. The number of hydrogen-bond acceptors (Lipinski definition) is 1. The quantitative estimate of drug-likeness (QED) is 0.637. The van der Waals surface area contributed by atoms with Crippen LogP contribution in [0.2, 0.25) is 0 Å². The molecule has 0 aliphatic carbocycles. The van der Waals surface area contributed by atoms with Gasteiger partial charge in [-0.3, -0.25) is 4.40 Å². The lowest BCUT2D eigenvalue weighted by atomic mass is 9.93. The number of fused-ring (bicyclic) bond motifs is 3. The van der Waals surface area contributed by atoms with Gasteiger partial charge < -0.3 is 4.57 Å². The van der Waals surface area contributed by atoms with Crippen LogP contribution in [0.1, 0.15) is 26.5 Å². The van der Waals surface area contributed by atoms with E-state index in [2.05, 4.69) is 66.8 Å². The zero-order valence-electron chi connectivity index (χ0n) is 11.7. The van der Waals surface area contributed by atoms with Crippen LogP contribution in [0, 0.1) is 0 Å². The standard InChI is InChI=1S/C16H19N3/c1-5-10-18-12-8-6-7-9-13(12)19-11-14(16(2,3)4)17-15(18)19/h5-9,11H,1,10H2,2-4H3. The lowest BCUT2D eigenvalue weighted by Crippen LogP contribution is -2.11. The van der Waals surface area contributed by atoms with Gasteiger partial charge in [-0.05, 0) is 12.1 Å². The first-order chi connectivity index (χ1) is 9.02. The van der Waals surface area contributed by atoms with Crippen LogP contribution in [0.5, 0.6) is 0 Å². The lowest BCUT2D eigenvalue weighted by molar-refractivity contribution is 0.572. The van der Waals surface area contributed by atoms with Crippen molar-refractivity contribution in [3.8, 4) is 0 Å². The number of para-hydroxylation sites is 2. The molecule has 0 amide bonds. The van der Waals surface area contributed by atoms with E-state index in [0.29, 0.717) is 0 Å². The molecule has 0 fully saturated rings. The molecule has 0 spiro atoms. The molecule has 0 saturated heterocycles. The highest BCUT2D eigenvalue weighted by Gasteiger charge is 2.20. The van der Waals surface area contributed by atoms with E-state index in [9.17, 15) is 0 Å². The van der Waals surface area contributed by atoms with Crippen molar-refractivity contribution in [1.82, 2.24) is 14.0 Å². The number of rotatable bonds is 2. The zero-order valence-corrected chi connectivity index (χ0v) is 11.7. The average molecular weight is 253 g/mol. The van der Waals surface area contributed by atoms with Gasteiger partial charge in [0.2, 0.25) is 5.78 Å². The predicted molar refractivity (Wildman–Crippen MR) is 79.6 cm³/mol. The van der Waals surface area contributed by atoms with Gasteiger partial charge in [0.05, 0.1) is 16.7 Å². The van der Waals surface area contributed by atoms with Crippen LogP contribution >= 0.6 is 0 Å². The maximum absolute atomic E-state index is 4.82. The second kappa shape index (κ2) is 3.98. The van der Waals surface area contributed by atoms with Crippen molar-refractivity contribution in [2.24, 2.45) is 0 Å². The maximum Gasteiger partial charge on any atom is 0.215 e. The Balaban J connectivity index is 2.39. The molecule has 2 aromatic heterocycles. The van der Waals surface area contributed by atoms with Crippen LogP contribution in [-0.4, -0.2) is 14.0 Å². The summed E-state index contributed by atoms with van der Waals surface area (Å²) in [6.07, 6.45) is 4.06. The highest BCUT2D eigenvalue weighted by molar-refractivity contribution is 5.81. The fourth-order valence-electron chi connectivity index (χ4n) is 2.41. The average Bonchev–Trinajstić information content (AvgIpc) is 2.89. The van der Waals surface area contributed by atoms with Crippen LogP contribution in [0.25, 0.3) is 16.8 Å². The van der Waals surface area contributed by atoms with E-state index in [-0.39, 0.29) is 5.41 Å². The molecule has 2 heterocycles. The van der Waals surface area contributed by atoms with E-state index >= 15 is 0 Å². The third-order valence-electron chi connectivity index (χ3n) is 3.44. The fourth-order valence-corrected chi connectivity index (χ4v) is 2.41. The Morgan fingerprint density at radius 2 is 1.89 bits per heavy atom. The van der Waals surface area contributed by atoms with E-state index in [1.807, 2.05) is 6.08 Å². The van der Waals surface area contributed by atoms with Gasteiger partial charge in [-0.25, -0.2) is 4.98 Å². The van der Waals surface area contributed by atoms with E-state index in [0.717, 1.165) is 18.0 Å². The first-order valence-electron chi connectivity index (χ1n) is 6.60. The van der Waals surface area contributed by atoms with E-state index in [4.69, 9.17) is 4.98 Å². The molecule has 0 atom stereocenters. The molecular weight excluding hydrogens is 234 g/mol. The first-order valence-corrected chi connectivity index (χ1v) is 6.60. The van der Waals surface area contributed by atoms with Gasteiger partial charge in [0, 0.05) is 18.2 Å². The van der Waals surface area contributed by atoms with E-state index in [1.165, 1.54) is 11.0 Å². The Labute approximate surface area is 113 Å². The Kier molecular flexibility index (Phi) is 2.52. The minimum absolute atomic E-state index is 0.0616. The predicted octanol–water partition coefficient (Wildman–Crippen LogP) is 3.77. The number of aromatic nitrogens is 3. The summed E-state index contributed by atoms with van der Waals surface area (Å²) in [4.78, 5) is 4.82. The number of nitrogens with zero attached hydrogens (tertiary/aromatic N) is 3. The number of imidazole rings is 2. The molecule has 0 unspecified atom stereocenters. The van der Waals surface area contributed by atoms with Crippen LogP contribution in [0.3, 0.4) is 0 Å². The summed E-state index contributed by atoms with van der Waals surface area (Å²) in [6, 6.07) is 8.39. The van der Waals surface area contributed by atoms with Gasteiger partial charge in [-0.15, -0.1) is 6.58 Å². The maximum atomic E-state index is 4.82. The molecule has 3 rings (SSSR count). The lowest BCUT2D eigenvalue weighted by Gasteiger charge is -2.14. The van der Waals surface area contributed by atoms with Crippen molar-refractivity contribution in [3.63, 3.8) is 0 Å². The number of benzene rings is 1. The van der Waals surface area contributed by atoms with Crippen molar-refractivity contribution in [2.45, 2.75) is 32.7 Å². The second-order valence-corrected chi connectivity index (χ2v) is 5.93. The SMILES string of the molecule is C=CCn1c2ccccc2n2cc(C(C)(C)C)nc12. The van der Waals surface area contributed by atoms with Crippen molar-refractivity contribution in [2.75, 3.05) is 0 Å². The summed E-state index contributed by atoms with van der Waals surface area (Å²) < 4.78 is 4.39. The first kappa shape index (κ1) is 12.0. The normalized spacial score (nSPS) is 12.4. The monoisotopic (exact) mass is 253 g/mol. The summed E-state index contributed by atoms with van der Waals surface area (Å²) in [6.45, 7) is 11.2. The Morgan fingerprint density at radius 1 is 1.21 bits per heavy atom. The third kappa shape index (κ3) is 1.77. The molecule has 0 N–H and O–H groups in total. The van der Waals surface area contributed by atoms with Crippen molar-refractivity contribution in [3.05, 3.63) is 48.8 Å². The molecule has 0 aliphatic rings. The van der Waals surface area contributed by atoms with Gasteiger partial charge in [0.15, 0.2) is 0 Å². The molecule has 19 heavy (non-hydrogen) atoms. The van der Waals surface area contributed by atoms with Crippen molar-refractivity contribution < 1.29 is 0 Å². The van der Waals surface area contributed by atoms with Crippen LogP contribution in [0.4, 0.5) is 0 Å². The highest BCUT2D eigenvalue weighted by atomic mass is 15.2. The molecule has 3 nitrogen and oxygen atoms in total. The molecule has 1 aromatic carbocycles. The topological polar surface area (TPSA) is 22.2 Å². The van der Waals surface area contributed by atoms with Crippen LogP contribution in [0.15, 0.2) is 43.1 Å². The largest absolute Gasteiger partial charge is 0.306 e. The fraction of sp³-hybridized carbons (Fsp3) is 0.312. The Bertz CT molecular complexity index is 753. The van der Waals surface area contributed by atoms with Crippen molar-refractivity contribution in [1.29, 1.82) is 0 Å². The summed E-state index contributed by atoms with van der Waals surface area (Å²) in [5.74, 6) is 0.992. The van der Waals surface area contributed by atoms with Crippen LogP contribution in [-0.2, 0) is 12.0 Å². The molecule has 0 bridgehead atoms. The van der Waals surface area contributed by atoms with Gasteiger partial charge in [0.25, 0.3) is 0 Å². The molecule has 3 aromatic rings. The molecular formula is C16H19N3. The minimum Gasteiger partial charge on any atom is -0.306 e. The summed E-state index contributed by atoms with van der Waals surface area (Å²) in [5, 5.41) is 0. The zero-order chi connectivity index (χ0) is 13.6. The van der Waals surface area contributed by atoms with Crippen molar-refractivity contribution >= 4 is 16.8 Å². The number of hydrogen-bond donors (Lipinski definition) is 0. The van der Waals surface area contributed by atoms with Gasteiger partial charge in [-0.2, -0.15) is 0 Å². The van der Waals surface area contributed by atoms with E-state index in [1.54, 1.807) is 0 Å². The Hall–Kier alpha value is -2.03. The van der Waals surface area contributed by atoms with Crippen LogP contribution < -0.4 is 0 Å².